The average Bonchev–Trinajstić information content (AvgIpc) is 2.67. The molecule has 1 fully saturated rings. The molecule has 1 aliphatic heterocycles. The van der Waals surface area contributed by atoms with Crippen LogP contribution in [0.5, 0.6) is 0 Å². The largest absolute Gasteiger partial charge is 0.480 e. The van der Waals surface area contributed by atoms with Gasteiger partial charge in [0.2, 0.25) is 0 Å². The number of hydrogen-bond donors (Lipinski definition) is 2. The summed E-state index contributed by atoms with van der Waals surface area (Å²) in [5.41, 5.74) is 7.14. The molecule has 0 bridgehead atoms. The fraction of sp³-hybridized carbons (Fsp3) is 0.462. The molecule has 98 valence electrons. The van der Waals surface area contributed by atoms with Gasteiger partial charge in [-0.2, -0.15) is 0 Å². The second kappa shape index (κ2) is 4.99. The second-order valence-electron chi connectivity index (χ2n) is 5.01. The predicted octanol–water partition coefficient (Wildman–Crippen LogP) is 1.75. The zero-order chi connectivity index (χ0) is 13.3. The summed E-state index contributed by atoms with van der Waals surface area (Å²) in [6, 6.07) is 6.18. The molecule has 1 aromatic rings. The van der Waals surface area contributed by atoms with Crippen molar-refractivity contribution in [2.75, 3.05) is 13.1 Å². The van der Waals surface area contributed by atoms with E-state index in [0.717, 1.165) is 17.6 Å². The molecule has 5 heteroatoms. The van der Waals surface area contributed by atoms with E-state index in [1.165, 1.54) is 11.1 Å². The van der Waals surface area contributed by atoms with Crippen LogP contribution < -0.4 is 5.73 Å². The first-order chi connectivity index (χ1) is 8.40. The molecule has 1 aromatic carbocycles. The molecule has 2 rings (SSSR count). The average molecular weight is 313 g/mol. The molecule has 4 nitrogen and oxygen atoms in total. The molecule has 1 saturated heterocycles. The lowest BCUT2D eigenvalue weighted by atomic mass is 10.0. The van der Waals surface area contributed by atoms with Crippen LogP contribution in [0.4, 0.5) is 0 Å². The highest BCUT2D eigenvalue weighted by atomic mass is 79.9. The number of likely N-dealkylation sites (tertiary alicyclic amines) is 1. The number of halogens is 1. The van der Waals surface area contributed by atoms with E-state index in [-0.39, 0.29) is 0 Å². The van der Waals surface area contributed by atoms with Gasteiger partial charge in [0.25, 0.3) is 0 Å². The maximum absolute atomic E-state index is 11.1. The third-order valence-electron chi connectivity index (χ3n) is 3.43. The highest BCUT2D eigenvalue weighted by molar-refractivity contribution is 9.10. The SMILES string of the molecule is Cc1cc(CN2CCC(N)(C(=O)O)C2)ccc1Br. The minimum Gasteiger partial charge on any atom is -0.480 e. The Balaban J connectivity index is 2.03. The minimum absolute atomic E-state index is 0.414. The van der Waals surface area contributed by atoms with Crippen molar-refractivity contribution in [3.63, 3.8) is 0 Å². The van der Waals surface area contributed by atoms with E-state index in [1.54, 1.807) is 0 Å². The molecule has 1 atom stereocenters. The van der Waals surface area contributed by atoms with Crippen molar-refractivity contribution in [3.05, 3.63) is 33.8 Å². The van der Waals surface area contributed by atoms with Crippen LogP contribution in [0.3, 0.4) is 0 Å². The van der Waals surface area contributed by atoms with Crippen LogP contribution in [0.2, 0.25) is 0 Å². The Hall–Kier alpha value is -0.910. The highest BCUT2D eigenvalue weighted by Crippen LogP contribution is 2.23. The monoisotopic (exact) mass is 312 g/mol. The van der Waals surface area contributed by atoms with Gasteiger partial charge < -0.3 is 10.8 Å². The molecule has 0 aromatic heterocycles. The Morgan fingerprint density at radius 3 is 2.89 bits per heavy atom. The standard InChI is InChI=1S/C13H17BrN2O2/c1-9-6-10(2-3-11(9)14)7-16-5-4-13(15,8-16)12(17)18/h2-3,6H,4-5,7-8,15H2,1H3,(H,17,18). The Kier molecular flexibility index (Phi) is 3.75. The fourth-order valence-electron chi connectivity index (χ4n) is 2.29. The quantitative estimate of drug-likeness (QED) is 0.892. The molecule has 3 N–H and O–H groups in total. The van der Waals surface area contributed by atoms with Crippen molar-refractivity contribution < 1.29 is 9.90 Å². The predicted molar refractivity (Wildman–Crippen MR) is 73.3 cm³/mol. The van der Waals surface area contributed by atoms with Crippen molar-refractivity contribution >= 4 is 21.9 Å². The number of carboxylic acid groups (broad SMARTS) is 1. The van der Waals surface area contributed by atoms with Gasteiger partial charge in [-0.3, -0.25) is 9.69 Å². The van der Waals surface area contributed by atoms with Crippen molar-refractivity contribution in [2.45, 2.75) is 25.4 Å². The molecule has 0 aliphatic carbocycles. The number of nitrogens with zero attached hydrogens (tertiary/aromatic N) is 1. The van der Waals surface area contributed by atoms with Gasteiger partial charge in [0, 0.05) is 24.1 Å². The van der Waals surface area contributed by atoms with Crippen molar-refractivity contribution in [1.29, 1.82) is 0 Å². The number of rotatable bonds is 3. The van der Waals surface area contributed by atoms with Gasteiger partial charge in [-0.15, -0.1) is 0 Å². The maximum atomic E-state index is 11.1. The first kappa shape index (κ1) is 13.5. The third-order valence-corrected chi connectivity index (χ3v) is 4.32. The van der Waals surface area contributed by atoms with Crippen LogP contribution in [0, 0.1) is 6.92 Å². The van der Waals surface area contributed by atoms with Crippen molar-refractivity contribution in [2.24, 2.45) is 5.73 Å². The first-order valence-electron chi connectivity index (χ1n) is 5.90. The van der Waals surface area contributed by atoms with E-state index in [0.29, 0.717) is 13.0 Å². The first-order valence-corrected chi connectivity index (χ1v) is 6.70. The third kappa shape index (κ3) is 2.74. The summed E-state index contributed by atoms with van der Waals surface area (Å²) in [5.74, 6) is -0.906. The number of benzene rings is 1. The molecule has 18 heavy (non-hydrogen) atoms. The topological polar surface area (TPSA) is 66.6 Å². The summed E-state index contributed by atoms with van der Waals surface area (Å²) in [7, 11) is 0. The molecule has 0 amide bonds. The summed E-state index contributed by atoms with van der Waals surface area (Å²) in [5, 5.41) is 9.08. The van der Waals surface area contributed by atoms with Crippen LogP contribution in [0.25, 0.3) is 0 Å². The molecule has 1 heterocycles. The van der Waals surface area contributed by atoms with Crippen LogP contribution in [0.15, 0.2) is 22.7 Å². The van der Waals surface area contributed by atoms with E-state index in [1.807, 2.05) is 19.1 Å². The number of aliphatic carboxylic acids is 1. The van der Waals surface area contributed by atoms with Gasteiger partial charge in [-0.1, -0.05) is 28.1 Å². The lowest BCUT2D eigenvalue weighted by molar-refractivity contribution is -0.142. The van der Waals surface area contributed by atoms with Gasteiger partial charge >= 0.3 is 5.97 Å². The Morgan fingerprint density at radius 1 is 1.61 bits per heavy atom. The zero-order valence-corrected chi connectivity index (χ0v) is 11.9. The van der Waals surface area contributed by atoms with Crippen molar-refractivity contribution in [3.8, 4) is 0 Å². The van der Waals surface area contributed by atoms with Crippen LogP contribution in [-0.2, 0) is 11.3 Å². The summed E-state index contributed by atoms with van der Waals surface area (Å²) in [6.45, 7) is 3.94. The van der Waals surface area contributed by atoms with E-state index < -0.39 is 11.5 Å². The zero-order valence-electron chi connectivity index (χ0n) is 10.3. The highest BCUT2D eigenvalue weighted by Gasteiger charge is 2.40. The van der Waals surface area contributed by atoms with Gasteiger partial charge in [0.1, 0.15) is 5.54 Å². The van der Waals surface area contributed by atoms with E-state index >= 15 is 0 Å². The normalized spacial score (nSPS) is 24.4. The van der Waals surface area contributed by atoms with E-state index in [9.17, 15) is 4.79 Å². The summed E-state index contributed by atoms with van der Waals surface area (Å²) < 4.78 is 1.09. The van der Waals surface area contributed by atoms with Gasteiger partial charge in [0.05, 0.1) is 0 Å². The number of aryl methyl sites for hydroxylation is 1. The summed E-state index contributed by atoms with van der Waals surface area (Å²) >= 11 is 3.47. The number of carbonyl (C=O) groups is 1. The van der Waals surface area contributed by atoms with Gasteiger partial charge in [0.15, 0.2) is 0 Å². The van der Waals surface area contributed by atoms with E-state index in [4.69, 9.17) is 10.8 Å². The Bertz CT molecular complexity index is 478. The molecular weight excluding hydrogens is 296 g/mol. The smallest absolute Gasteiger partial charge is 0.325 e. The number of carboxylic acids is 1. The Labute approximate surface area is 115 Å². The molecule has 0 saturated carbocycles. The van der Waals surface area contributed by atoms with Crippen LogP contribution >= 0.6 is 15.9 Å². The van der Waals surface area contributed by atoms with Gasteiger partial charge in [-0.25, -0.2) is 0 Å². The summed E-state index contributed by atoms with van der Waals surface area (Å²) in [4.78, 5) is 13.2. The lowest BCUT2D eigenvalue weighted by Gasteiger charge is -2.20. The second-order valence-corrected chi connectivity index (χ2v) is 5.86. The van der Waals surface area contributed by atoms with Crippen LogP contribution in [0.1, 0.15) is 17.5 Å². The maximum Gasteiger partial charge on any atom is 0.325 e. The van der Waals surface area contributed by atoms with Crippen molar-refractivity contribution in [1.82, 2.24) is 4.90 Å². The number of hydrogen-bond acceptors (Lipinski definition) is 3. The number of nitrogens with two attached hydrogens (primary N) is 1. The molecule has 0 radical (unpaired) electrons. The minimum atomic E-state index is -1.08. The Morgan fingerprint density at radius 2 is 2.33 bits per heavy atom. The molecule has 0 spiro atoms. The molecular formula is C13H17BrN2O2. The lowest BCUT2D eigenvalue weighted by Crippen LogP contribution is -2.50. The molecule has 1 aliphatic rings. The van der Waals surface area contributed by atoms with Crippen LogP contribution in [-0.4, -0.2) is 34.6 Å². The van der Waals surface area contributed by atoms with E-state index in [2.05, 4.69) is 26.9 Å². The summed E-state index contributed by atoms with van der Waals surface area (Å²) in [6.07, 6.45) is 0.512. The van der Waals surface area contributed by atoms with Gasteiger partial charge in [-0.05, 0) is 30.5 Å². The molecule has 1 unspecified atom stereocenters. The fourth-order valence-corrected chi connectivity index (χ4v) is 2.53.